The Hall–Kier alpha value is -3.20. The highest BCUT2D eigenvalue weighted by molar-refractivity contribution is 7.92. The van der Waals surface area contributed by atoms with Crippen molar-refractivity contribution in [2.24, 2.45) is 5.92 Å². The molecule has 0 aromatic heterocycles. The van der Waals surface area contributed by atoms with E-state index in [2.05, 4.69) is 10.2 Å². The lowest BCUT2D eigenvalue weighted by Crippen LogP contribution is -2.40. The normalized spacial score (nSPS) is 15.9. The maximum atomic E-state index is 13.1. The third kappa shape index (κ3) is 6.08. The number of hydrogen-bond acceptors (Lipinski definition) is 5. The fourth-order valence-corrected chi connectivity index (χ4v) is 5.66. The summed E-state index contributed by atoms with van der Waals surface area (Å²) in [5, 5.41) is 13.5. The molecule has 1 aliphatic rings. The molecule has 2 N–H and O–H groups in total. The van der Waals surface area contributed by atoms with Crippen LogP contribution in [0.1, 0.15) is 24.5 Å². The van der Waals surface area contributed by atoms with Gasteiger partial charge in [0.1, 0.15) is 0 Å². The number of aliphatic hydroxyl groups is 1. The minimum absolute atomic E-state index is 0.109. The molecule has 1 amide bonds. The second-order valence-corrected chi connectivity index (χ2v) is 10.8. The number of rotatable bonds is 8. The Kier molecular flexibility index (Phi) is 7.85. The summed E-state index contributed by atoms with van der Waals surface area (Å²) in [4.78, 5) is 14.8. The molecule has 1 fully saturated rings. The molecular formula is C27H31N3O4S. The molecule has 3 aromatic carbocycles. The summed E-state index contributed by atoms with van der Waals surface area (Å²) in [7, 11) is -2.26. The second-order valence-electron chi connectivity index (χ2n) is 8.85. The highest BCUT2D eigenvalue weighted by Crippen LogP contribution is 2.30. The summed E-state index contributed by atoms with van der Waals surface area (Å²) in [6.45, 7) is 1.66. The molecule has 0 radical (unpaired) electrons. The van der Waals surface area contributed by atoms with Crippen molar-refractivity contribution in [3.63, 3.8) is 0 Å². The van der Waals surface area contributed by atoms with Crippen LogP contribution in [0.5, 0.6) is 0 Å². The Balaban J connectivity index is 1.33. The monoisotopic (exact) mass is 493 g/mol. The third-order valence-electron chi connectivity index (χ3n) is 6.48. The lowest BCUT2D eigenvalue weighted by Gasteiger charge is -2.34. The van der Waals surface area contributed by atoms with E-state index in [4.69, 9.17) is 0 Å². The molecule has 0 unspecified atom stereocenters. The van der Waals surface area contributed by atoms with Gasteiger partial charge in [0.15, 0.2) is 0 Å². The van der Waals surface area contributed by atoms with Gasteiger partial charge >= 0.3 is 0 Å². The first kappa shape index (κ1) is 24.9. The number of amides is 1. The Labute approximate surface area is 207 Å². The fraction of sp³-hybridized carbons (Fsp3) is 0.296. The van der Waals surface area contributed by atoms with E-state index >= 15 is 0 Å². The molecule has 8 heteroatoms. The van der Waals surface area contributed by atoms with Crippen LogP contribution in [0.3, 0.4) is 0 Å². The average molecular weight is 494 g/mol. The van der Waals surface area contributed by atoms with Crippen molar-refractivity contribution in [2.45, 2.75) is 23.8 Å². The largest absolute Gasteiger partial charge is 0.388 e. The number of benzene rings is 3. The molecule has 0 aliphatic carbocycles. The van der Waals surface area contributed by atoms with Crippen molar-refractivity contribution < 1.29 is 18.3 Å². The number of nitrogens with zero attached hydrogens (tertiary/aromatic N) is 2. The Bertz CT molecular complexity index is 1230. The SMILES string of the molecule is CN(c1ccccc1)S(=O)(=O)c1cccc(NC(=O)CN2CCC([C@@H](O)c3ccccc3)CC2)c1. The second kappa shape index (κ2) is 11.0. The van der Waals surface area contributed by atoms with E-state index < -0.39 is 16.1 Å². The fourth-order valence-electron chi connectivity index (χ4n) is 4.42. The minimum Gasteiger partial charge on any atom is -0.388 e. The molecular weight excluding hydrogens is 462 g/mol. The number of anilines is 2. The topological polar surface area (TPSA) is 90.0 Å². The lowest BCUT2D eigenvalue weighted by molar-refractivity contribution is -0.117. The van der Waals surface area contributed by atoms with Crippen LogP contribution < -0.4 is 9.62 Å². The summed E-state index contributed by atoms with van der Waals surface area (Å²) >= 11 is 0. The molecule has 0 saturated carbocycles. The van der Waals surface area contributed by atoms with Gasteiger partial charge in [0.2, 0.25) is 5.91 Å². The number of aliphatic hydroxyl groups excluding tert-OH is 1. The number of hydrogen-bond donors (Lipinski definition) is 2. The molecule has 0 spiro atoms. The van der Waals surface area contributed by atoms with Gasteiger partial charge in [-0.05, 0) is 67.7 Å². The van der Waals surface area contributed by atoms with Crippen LogP contribution >= 0.6 is 0 Å². The summed E-state index contributed by atoms with van der Waals surface area (Å²) in [5.74, 6) is -0.0294. The molecule has 0 bridgehead atoms. The smallest absolute Gasteiger partial charge is 0.264 e. The standard InChI is InChI=1S/C27H31N3O4S/c1-29(24-12-6-3-7-13-24)35(33,34)25-14-8-11-23(19-25)28-26(31)20-30-17-15-22(16-18-30)27(32)21-9-4-2-5-10-21/h2-14,19,22,27,32H,15-18,20H2,1H3,(H,28,31)/t27-/m0/s1. The Morgan fingerprint density at radius 3 is 2.29 bits per heavy atom. The summed E-state index contributed by atoms with van der Waals surface area (Å²) in [6.07, 6.45) is 1.12. The van der Waals surface area contributed by atoms with Crippen LogP contribution in [0.4, 0.5) is 11.4 Å². The number of nitrogens with one attached hydrogen (secondary N) is 1. The van der Waals surface area contributed by atoms with Crippen molar-refractivity contribution >= 4 is 27.3 Å². The highest BCUT2D eigenvalue weighted by atomic mass is 32.2. The maximum Gasteiger partial charge on any atom is 0.264 e. The van der Waals surface area contributed by atoms with Crippen molar-refractivity contribution in [1.82, 2.24) is 4.90 Å². The van der Waals surface area contributed by atoms with Gasteiger partial charge in [0.25, 0.3) is 10.0 Å². The lowest BCUT2D eigenvalue weighted by atomic mass is 9.87. The Morgan fingerprint density at radius 1 is 1.00 bits per heavy atom. The number of sulfonamides is 1. The van der Waals surface area contributed by atoms with Gasteiger partial charge in [-0.25, -0.2) is 8.42 Å². The number of carbonyl (C=O) groups is 1. The first-order valence-electron chi connectivity index (χ1n) is 11.7. The van der Waals surface area contributed by atoms with E-state index in [-0.39, 0.29) is 23.3 Å². The quantitative estimate of drug-likeness (QED) is 0.497. The van der Waals surface area contributed by atoms with Crippen molar-refractivity contribution in [3.05, 3.63) is 90.5 Å². The molecule has 4 rings (SSSR count). The summed E-state index contributed by atoms with van der Waals surface area (Å²) in [6, 6.07) is 24.8. The summed E-state index contributed by atoms with van der Waals surface area (Å²) < 4.78 is 27.3. The van der Waals surface area contributed by atoms with Crippen molar-refractivity contribution in [2.75, 3.05) is 36.3 Å². The van der Waals surface area contributed by atoms with E-state index in [0.717, 1.165) is 31.5 Å². The van der Waals surface area contributed by atoms with E-state index in [1.165, 1.54) is 23.5 Å². The third-order valence-corrected chi connectivity index (χ3v) is 8.26. The van der Waals surface area contributed by atoms with E-state index in [1.54, 1.807) is 36.4 Å². The zero-order valence-corrected chi connectivity index (χ0v) is 20.6. The van der Waals surface area contributed by atoms with E-state index in [1.807, 2.05) is 36.4 Å². The predicted molar refractivity (Wildman–Crippen MR) is 138 cm³/mol. The predicted octanol–water partition coefficient (Wildman–Crippen LogP) is 3.90. The zero-order valence-electron chi connectivity index (χ0n) is 19.7. The Morgan fingerprint density at radius 2 is 1.63 bits per heavy atom. The zero-order chi connectivity index (χ0) is 24.8. The van der Waals surface area contributed by atoms with Crippen LogP contribution in [-0.2, 0) is 14.8 Å². The van der Waals surface area contributed by atoms with Crippen LogP contribution in [0.15, 0.2) is 89.8 Å². The molecule has 1 saturated heterocycles. The molecule has 35 heavy (non-hydrogen) atoms. The number of piperidine rings is 1. The first-order valence-corrected chi connectivity index (χ1v) is 13.2. The van der Waals surface area contributed by atoms with Crippen LogP contribution in [0.25, 0.3) is 0 Å². The summed E-state index contributed by atoms with van der Waals surface area (Å²) in [5.41, 5.74) is 1.92. The highest BCUT2D eigenvalue weighted by Gasteiger charge is 2.27. The van der Waals surface area contributed by atoms with Gasteiger partial charge in [-0.2, -0.15) is 0 Å². The van der Waals surface area contributed by atoms with Gasteiger partial charge in [-0.3, -0.25) is 14.0 Å². The number of likely N-dealkylation sites (tertiary alicyclic amines) is 1. The molecule has 1 aliphatic heterocycles. The van der Waals surface area contributed by atoms with E-state index in [9.17, 15) is 18.3 Å². The van der Waals surface area contributed by atoms with Crippen LogP contribution in [-0.4, -0.2) is 51.0 Å². The first-order chi connectivity index (χ1) is 16.8. The van der Waals surface area contributed by atoms with Gasteiger partial charge < -0.3 is 10.4 Å². The minimum atomic E-state index is -3.77. The van der Waals surface area contributed by atoms with Crippen molar-refractivity contribution in [3.8, 4) is 0 Å². The molecule has 1 atom stereocenters. The van der Waals surface area contributed by atoms with Crippen molar-refractivity contribution in [1.29, 1.82) is 0 Å². The van der Waals surface area contributed by atoms with Crippen LogP contribution in [0, 0.1) is 5.92 Å². The van der Waals surface area contributed by atoms with Gasteiger partial charge in [0.05, 0.1) is 23.2 Å². The molecule has 184 valence electrons. The van der Waals surface area contributed by atoms with Crippen LogP contribution in [0.2, 0.25) is 0 Å². The average Bonchev–Trinajstić information content (AvgIpc) is 2.89. The van der Waals surface area contributed by atoms with E-state index in [0.29, 0.717) is 11.4 Å². The maximum absolute atomic E-state index is 13.1. The molecule has 1 heterocycles. The molecule has 3 aromatic rings. The number of carbonyl (C=O) groups excluding carboxylic acids is 1. The van der Waals surface area contributed by atoms with Gasteiger partial charge in [0, 0.05) is 12.7 Å². The number of para-hydroxylation sites is 1. The molecule has 7 nitrogen and oxygen atoms in total. The van der Waals surface area contributed by atoms with Gasteiger partial charge in [-0.1, -0.05) is 54.6 Å². The van der Waals surface area contributed by atoms with Gasteiger partial charge in [-0.15, -0.1) is 0 Å².